The van der Waals surface area contributed by atoms with Crippen LogP contribution in [0.2, 0.25) is 0 Å². The van der Waals surface area contributed by atoms with Gasteiger partial charge in [0.15, 0.2) is 0 Å². The minimum atomic E-state index is -0.117. The van der Waals surface area contributed by atoms with Gasteiger partial charge in [0.1, 0.15) is 5.82 Å². The number of benzene rings is 2. The third-order valence-corrected chi connectivity index (χ3v) is 4.76. The molecule has 0 unspecified atom stereocenters. The van der Waals surface area contributed by atoms with Crippen molar-refractivity contribution in [3.8, 4) is 11.4 Å². The third-order valence-electron chi connectivity index (χ3n) is 4.76. The number of aromatic nitrogens is 2. The van der Waals surface area contributed by atoms with Crippen LogP contribution >= 0.6 is 0 Å². The Morgan fingerprint density at radius 3 is 2.64 bits per heavy atom. The zero-order valence-electron chi connectivity index (χ0n) is 16.6. The van der Waals surface area contributed by atoms with Crippen molar-refractivity contribution in [2.75, 3.05) is 7.05 Å². The first kappa shape index (κ1) is 19.4. The van der Waals surface area contributed by atoms with E-state index in [4.69, 9.17) is 4.98 Å². The van der Waals surface area contributed by atoms with Gasteiger partial charge in [-0.15, -0.1) is 0 Å². The molecule has 28 heavy (non-hydrogen) atoms. The molecule has 0 bridgehead atoms. The van der Waals surface area contributed by atoms with E-state index < -0.39 is 0 Å². The first-order chi connectivity index (χ1) is 13.5. The number of fused-ring (bicyclic) bond motifs is 1. The number of imidazole rings is 1. The highest BCUT2D eigenvalue weighted by atomic mass is 16.1. The SMILES string of the molecule is C=C/C=C(\C(=C)C)c1ccccc1-c1nc2cc(C(=O)NC)ccc2n1CC. The lowest BCUT2D eigenvalue weighted by Gasteiger charge is -2.14. The van der Waals surface area contributed by atoms with Crippen molar-refractivity contribution in [2.24, 2.45) is 0 Å². The highest BCUT2D eigenvalue weighted by Gasteiger charge is 2.17. The Labute approximate surface area is 165 Å². The predicted molar refractivity (Wildman–Crippen MR) is 117 cm³/mol. The fourth-order valence-corrected chi connectivity index (χ4v) is 3.43. The van der Waals surface area contributed by atoms with Crippen LogP contribution in [-0.2, 0) is 6.54 Å². The summed E-state index contributed by atoms with van der Waals surface area (Å²) in [4.78, 5) is 16.9. The number of nitrogens with zero attached hydrogens (tertiary/aromatic N) is 2. The van der Waals surface area contributed by atoms with Gasteiger partial charge in [0.25, 0.3) is 5.91 Å². The van der Waals surface area contributed by atoms with Crippen LogP contribution in [0, 0.1) is 0 Å². The van der Waals surface area contributed by atoms with Crippen molar-refractivity contribution < 1.29 is 4.79 Å². The van der Waals surface area contributed by atoms with Crippen LogP contribution < -0.4 is 5.32 Å². The van der Waals surface area contributed by atoms with Gasteiger partial charge < -0.3 is 9.88 Å². The maximum absolute atomic E-state index is 12.0. The predicted octanol–water partition coefficient (Wildman–Crippen LogP) is 5.23. The maximum atomic E-state index is 12.0. The van der Waals surface area contributed by atoms with Gasteiger partial charge in [0.05, 0.1) is 11.0 Å². The molecule has 0 aliphatic heterocycles. The number of amides is 1. The molecule has 0 saturated heterocycles. The quantitative estimate of drug-likeness (QED) is 0.603. The summed E-state index contributed by atoms with van der Waals surface area (Å²) in [6.07, 6.45) is 3.75. The van der Waals surface area contributed by atoms with Gasteiger partial charge in [0.2, 0.25) is 0 Å². The molecular weight excluding hydrogens is 346 g/mol. The van der Waals surface area contributed by atoms with Crippen molar-refractivity contribution >= 4 is 22.5 Å². The van der Waals surface area contributed by atoms with Gasteiger partial charge in [-0.2, -0.15) is 0 Å². The second-order valence-electron chi connectivity index (χ2n) is 6.60. The van der Waals surface area contributed by atoms with Gasteiger partial charge in [0, 0.05) is 24.7 Å². The molecule has 0 spiro atoms. The Balaban J connectivity index is 2.27. The van der Waals surface area contributed by atoms with E-state index in [-0.39, 0.29) is 5.91 Å². The number of hydrogen-bond donors (Lipinski definition) is 1. The molecule has 0 atom stereocenters. The zero-order chi connectivity index (χ0) is 20.3. The molecule has 2 aromatic carbocycles. The average molecular weight is 371 g/mol. The summed E-state index contributed by atoms with van der Waals surface area (Å²) in [5.41, 5.74) is 6.50. The molecule has 142 valence electrons. The molecule has 1 heterocycles. The van der Waals surface area contributed by atoms with E-state index in [0.29, 0.717) is 5.56 Å². The van der Waals surface area contributed by atoms with Gasteiger partial charge in [-0.25, -0.2) is 4.98 Å². The molecule has 1 N–H and O–H groups in total. The summed E-state index contributed by atoms with van der Waals surface area (Å²) in [5.74, 6) is 0.756. The Morgan fingerprint density at radius 1 is 1.25 bits per heavy atom. The summed E-state index contributed by atoms with van der Waals surface area (Å²) < 4.78 is 2.17. The number of hydrogen-bond acceptors (Lipinski definition) is 2. The monoisotopic (exact) mass is 371 g/mol. The lowest BCUT2D eigenvalue weighted by atomic mass is 9.94. The fourth-order valence-electron chi connectivity index (χ4n) is 3.43. The molecule has 4 heteroatoms. The van der Waals surface area contributed by atoms with Crippen molar-refractivity contribution in [2.45, 2.75) is 20.4 Å². The largest absolute Gasteiger partial charge is 0.355 e. The molecule has 0 fully saturated rings. The highest BCUT2D eigenvalue weighted by Crippen LogP contribution is 2.33. The average Bonchev–Trinajstić information content (AvgIpc) is 3.08. The van der Waals surface area contributed by atoms with Crippen LogP contribution in [-0.4, -0.2) is 22.5 Å². The minimum absolute atomic E-state index is 0.117. The standard InChI is InChI=1S/C24H25N3O/c1-6-10-18(16(3)4)19-11-8-9-12-20(19)23-26-21-15-17(24(28)25-5)13-14-22(21)27(23)7-2/h6,8-15H,1,3,7H2,2,4-5H3,(H,25,28)/b18-10+. The van der Waals surface area contributed by atoms with Gasteiger partial charge in [-0.05, 0) is 43.2 Å². The summed E-state index contributed by atoms with van der Waals surface area (Å²) in [5, 5.41) is 2.66. The molecule has 3 rings (SSSR count). The second-order valence-corrected chi connectivity index (χ2v) is 6.60. The van der Waals surface area contributed by atoms with Crippen LogP contribution in [0.5, 0.6) is 0 Å². The molecule has 0 aliphatic carbocycles. The topological polar surface area (TPSA) is 46.9 Å². The molecular formula is C24H25N3O. The number of rotatable bonds is 6. The van der Waals surface area contributed by atoms with Crippen LogP contribution in [0.3, 0.4) is 0 Å². The summed E-state index contributed by atoms with van der Waals surface area (Å²) >= 11 is 0. The Kier molecular flexibility index (Phi) is 5.59. The molecule has 0 aliphatic rings. The van der Waals surface area contributed by atoms with Gasteiger partial charge in [-0.3, -0.25) is 4.79 Å². The van der Waals surface area contributed by atoms with Crippen molar-refractivity contribution in [3.63, 3.8) is 0 Å². The Bertz CT molecular complexity index is 1100. The lowest BCUT2D eigenvalue weighted by molar-refractivity contribution is 0.0963. The van der Waals surface area contributed by atoms with E-state index in [2.05, 4.69) is 42.1 Å². The molecule has 0 radical (unpaired) electrons. The number of carbonyl (C=O) groups excluding carboxylic acids is 1. The van der Waals surface area contributed by atoms with E-state index >= 15 is 0 Å². The minimum Gasteiger partial charge on any atom is -0.355 e. The van der Waals surface area contributed by atoms with E-state index in [1.54, 1.807) is 13.1 Å². The molecule has 4 nitrogen and oxygen atoms in total. The van der Waals surface area contributed by atoms with E-state index in [1.165, 1.54) is 0 Å². The van der Waals surface area contributed by atoms with Gasteiger partial charge >= 0.3 is 0 Å². The Morgan fingerprint density at radius 2 is 2.00 bits per heavy atom. The maximum Gasteiger partial charge on any atom is 0.251 e. The number of carbonyl (C=O) groups is 1. The fraction of sp³-hybridized carbons (Fsp3) is 0.167. The van der Waals surface area contributed by atoms with Crippen LogP contribution in [0.15, 0.2) is 73.3 Å². The highest BCUT2D eigenvalue weighted by molar-refractivity contribution is 5.98. The number of nitrogens with one attached hydrogen (secondary N) is 1. The summed E-state index contributed by atoms with van der Waals surface area (Å²) in [7, 11) is 1.63. The number of allylic oxidation sites excluding steroid dienone is 4. The number of aryl methyl sites for hydroxylation is 1. The summed E-state index contributed by atoms with van der Waals surface area (Å²) in [6.45, 7) is 12.8. The van der Waals surface area contributed by atoms with Crippen molar-refractivity contribution in [3.05, 3.63) is 84.5 Å². The van der Waals surface area contributed by atoms with Crippen LogP contribution in [0.4, 0.5) is 0 Å². The second kappa shape index (κ2) is 8.09. The van der Waals surface area contributed by atoms with E-state index in [9.17, 15) is 4.79 Å². The molecule has 3 aromatic rings. The zero-order valence-corrected chi connectivity index (χ0v) is 16.6. The normalized spacial score (nSPS) is 11.5. The van der Waals surface area contributed by atoms with Crippen LogP contribution in [0.25, 0.3) is 28.0 Å². The first-order valence-corrected chi connectivity index (χ1v) is 9.32. The molecule has 0 saturated carbocycles. The van der Waals surface area contributed by atoms with Crippen LogP contribution in [0.1, 0.15) is 29.8 Å². The lowest BCUT2D eigenvalue weighted by Crippen LogP contribution is -2.17. The molecule has 1 aromatic heterocycles. The summed E-state index contributed by atoms with van der Waals surface area (Å²) in [6, 6.07) is 13.8. The van der Waals surface area contributed by atoms with Gasteiger partial charge in [-0.1, -0.05) is 55.1 Å². The first-order valence-electron chi connectivity index (χ1n) is 9.32. The van der Waals surface area contributed by atoms with Crippen molar-refractivity contribution in [1.82, 2.24) is 14.9 Å². The van der Waals surface area contributed by atoms with E-state index in [0.717, 1.165) is 45.7 Å². The van der Waals surface area contributed by atoms with E-state index in [1.807, 2.05) is 43.3 Å². The smallest absolute Gasteiger partial charge is 0.251 e. The third kappa shape index (κ3) is 3.41. The molecule has 1 amide bonds. The Hall–Kier alpha value is -3.40. The van der Waals surface area contributed by atoms with Crippen molar-refractivity contribution in [1.29, 1.82) is 0 Å².